The van der Waals surface area contributed by atoms with Gasteiger partial charge in [0, 0.05) is 12.4 Å². The van der Waals surface area contributed by atoms with E-state index in [1.165, 1.54) is 43.8 Å². The van der Waals surface area contributed by atoms with Crippen LogP contribution in [0.1, 0.15) is 20.7 Å². The average molecular weight is 325 g/mol. The van der Waals surface area contributed by atoms with Crippen LogP contribution in [0, 0.1) is 0 Å². The van der Waals surface area contributed by atoms with E-state index in [2.05, 4.69) is 15.0 Å². The molecule has 5 nitrogen and oxygen atoms in total. The highest BCUT2D eigenvalue weighted by molar-refractivity contribution is 6.36. The Morgan fingerprint density at radius 3 is 2.62 bits per heavy atom. The zero-order valence-electron chi connectivity index (χ0n) is 10.9. The number of carbonyl (C=O) groups is 2. The number of halogens is 2. The lowest BCUT2D eigenvalue weighted by molar-refractivity contribution is 0.0600. The Labute approximate surface area is 130 Å². The minimum atomic E-state index is -0.526. The molecule has 1 N–H and O–H groups in total. The standard InChI is InChI=1S/C14H10Cl2N2O3/c1-21-14(20)8-2-3-11(16)12(6-8)18-13(19)9-7-17-5-4-10(9)15/h2-7H,1H3,(H,18,19). The number of nitrogens with one attached hydrogen (secondary N) is 1. The highest BCUT2D eigenvalue weighted by Crippen LogP contribution is 2.25. The highest BCUT2D eigenvalue weighted by Gasteiger charge is 2.14. The molecule has 0 fully saturated rings. The molecule has 0 saturated heterocycles. The third kappa shape index (κ3) is 3.51. The third-order valence-electron chi connectivity index (χ3n) is 2.65. The summed E-state index contributed by atoms with van der Waals surface area (Å²) in [6.45, 7) is 0. The number of anilines is 1. The van der Waals surface area contributed by atoms with Gasteiger partial charge in [-0.15, -0.1) is 0 Å². The zero-order chi connectivity index (χ0) is 15.4. The van der Waals surface area contributed by atoms with Crippen molar-refractivity contribution in [1.82, 2.24) is 4.98 Å². The lowest BCUT2D eigenvalue weighted by atomic mass is 10.2. The van der Waals surface area contributed by atoms with Crippen molar-refractivity contribution >= 4 is 40.8 Å². The van der Waals surface area contributed by atoms with Gasteiger partial charge in [-0.3, -0.25) is 9.78 Å². The van der Waals surface area contributed by atoms with Crippen LogP contribution >= 0.6 is 23.2 Å². The van der Waals surface area contributed by atoms with E-state index in [1.54, 1.807) is 0 Å². The van der Waals surface area contributed by atoms with Gasteiger partial charge in [0.1, 0.15) is 0 Å². The van der Waals surface area contributed by atoms with E-state index in [0.29, 0.717) is 0 Å². The summed E-state index contributed by atoms with van der Waals surface area (Å²) < 4.78 is 4.61. The molecule has 2 rings (SSSR count). The number of rotatable bonds is 3. The molecule has 0 spiro atoms. The Morgan fingerprint density at radius 1 is 1.19 bits per heavy atom. The van der Waals surface area contributed by atoms with E-state index in [1.807, 2.05) is 0 Å². The van der Waals surface area contributed by atoms with E-state index in [-0.39, 0.29) is 26.9 Å². The van der Waals surface area contributed by atoms with Gasteiger partial charge >= 0.3 is 5.97 Å². The summed E-state index contributed by atoms with van der Waals surface area (Å²) >= 11 is 11.9. The summed E-state index contributed by atoms with van der Waals surface area (Å²) in [6.07, 6.45) is 2.82. The number of pyridine rings is 1. The minimum Gasteiger partial charge on any atom is -0.465 e. The summed E-state index contributed by atoms with van der Waals surface area (Å²) in [6, 6.07) is 5.93. The molecule has 0 atom stereocenters. The fourth-order valence-corrected chi connectivity index (χ4v) is 1.96. The smallest absolute Gasteiger partial charge is 0.337 e. The van der Waals surface area contributed by atoms with E-state index >= 15 is 0 Å². The van der Waals surface area contributed by atoms with Gasteiger partial charge < -0.3 is 10.1 Å². The number of amides is 1. The Bertz CT molecular complexity index is 704. The van der Waals surface area contributed by atoms with Crippen molar-refractivity contribution in [2.24, 2.45) is 0 Å². The maximum atomic E-state index is 12.1. The Kier molecular flexibility index (Phi) is 4.77. The Hall–Kier alpha value is -2.11. The molecule has 1 heterocycles. The fourth-order valence-electron chi connectivity index (χ4n) is 1.60. The number of ether oxygens (including phenoxy) is 1. The molecule has 0 saturated carbocycles. The van der Waals surface area contributed by atoms with E-state index < -0.39 is 11.9 Å². The predicted octanol–water partition coefficient (Wildman–Crippen LogP) is 3.43. The largest absolute Gasteiger partial charge is 0.465 e. The topological polar surface area (TPSA) is 68.3 Å². The van der Waals surface area contributed by atoms with Crippen molar-refractivity contribution in [3.05, 3.63) is 57.8 Å². The second-order valence-corrected chi connectivity index (χ2v) is 4.81. The van der Waals surface area contributed by atoms with E-state index in [0.717, 1.165) is 0 Å². The fraction of sp³-hybridized carbons (Fsp3) is 0.0714. The van der Waals surface area contributed by atoms with Crippen LogP contribution < -0.4 is 5.32 Å². The monoisotopic (exact) mass is 324 g/mol. The van der Waals surface area contributed by atoms with Gasteiger partial charge in [0.05, 0.1) is 34.0 Å². The molecule has 0 aliphatic rings. The molecule has 1 aromatic carbocycles. The lowest BCUT2D eigenvalue weighted by Crippen LogP contribution is -2.14. The molecule has 1 aromatic heterocycles. The second-order valence-electron chi connectivity index (χ2n) is 4.00. The number of nitrogens with zero attached hydrogens (tertiary/aromatic N) is 1. The lowest BCUT2D eigenvalue weighted by Gasteiger charge is -2.09. The number of benzene rings is 1. The highest BCUT2D eigenvalue weighted by atomic mass is 35.5. The normalized spacial score (nSPS) is 10.0. The molecule has 0 bridgehead atoms. The summed E-state index contributed by atoms with van der Waals surface area (Å²) in [7, 11) is 1.27. The summed E-state index contributed by atoms with van der Waals surface area (Å²) in [5.41, 5.74) is 0.762. The van der Waals surface area contributed by atoms with E-state index in [4.69, 9.17) is 23.2 Å². The maximum absolute atomic E-state index is 12.1. The third-order valence-corrected chi connectivity index (χ3v) is 3.31. The number of aromatic nitrogens is 1. The molecule has 1 amide bonds. The molecular weight excluding hydrogens is 315 g/mol. The quantitative estimate of drug-likeness (QED) is 0.878. The van der Waals surface area contributed by atoms with Crippen molar-refractivity contribution in [3.8, 4) is 0 Å². The molecule has 0 unspecified atom stereocenters. The van der Waals surface area contributed by atoms with Crippen molar-refractivity contribution < 1.29 is 14.3 Å². The van der Waals surface area contributed by atoms with Crippen LogP contribution in [0.15, 0.2) is 36.7 Å². The molecule has 2 aromatic rings. The van der Waals surface area contributed by atoms with Crippen molar-refractivity contribution in [1.29, 1.82) is 0 Å². The van der Waals surface area contributed by atoms with Gasteiger partial charge in [-0.2, -0.15) is 0 Å². The second kappa shape index (κ2) is 6.56. The molecule has 21 heavy (non-hydrogen) atoms. The summed E-state index contributed by atoms with van der Waals surface area (Å²) in [4.78, 5) is 27.4. The first-order valence-corrected chi connectivity index (χ1v) is 6.57. The van der Waals surface area contributed by atoms with Crippen molar-refractivity contribution in [2.75, 3.05) is 12.4 Å². The number of methoxy groups -OCH3 is 1. The molecule has 0 aliphatic heterocycles. The Morgan fingerprint density at radius 2 is 1.95 bits per heavy atom. The van der Waals surface area contributed by atoms with Crippen LogP contribution in [0.3, 0.4) is 0 Å². The van der Waals surface area contributed by atoms with Crippen LogP contribution in [-0.2, 0) is 4.74 Å². The SMILES string of the molecule is COC(=O)c1ccc(Cl)c(NC(=O)c2cnccc2Cl)c1. The van der Waals surface area contributed by atoms with Gasteiger partial charge in [0.2, 0.25) is 0 Å². The minimum absolute atomic E-state index is 0.207. The van der Waals surface area contributed by atoms with Gasteiger partial charge in [-0.05, 0) is 24.3 Å². The molecule has 108 valence electrons. The van der Waals surface area contributed by atoms with Crippen LogP contribution in [0.4, 0.5) is 5.69 Å². The van der Waals surface area contributed by atoms with Crippen LogP contribution in [0.2, 0.25) is 10.0 Å². The average Bonchev–Trinajstić information content (AvgIpc) is 2.49. The number of hydrogen-bond acceptors (Lipinski definition) is 4. The summed E-state index contributed by atoms with van der Waals surface area (Å²) in [5, 5.41) is 3.14. The number of esters is 1. The van der Waals surface area contributed by atoms with Crippen LogP contribution in [0.25, 0.3) is 0 Å². The van der Waals surface area contributed by atoms with Crippen LogP contribution in [0.5, 0.6) is 0 Å². The molecular formula is C14H10Cl2N2O3. The van der Waals surface area contributed by atoms with Crippen molar-refractivity contribution in [3.63, 3.8) is 0 Å². The van der Waals surface area contributed by atoms with Gasteiger partial charge in [-0.1, -0.05) is 23.2 Å². The Balaban J connectivity index is 2.29. The van der Waals surface area contributed by atoms with Gasteiger partial charge in [0.15, 0.2) is 0 Å². The first-order valence-electron chi connectivity index (χ1n) is 5.81. The molecule has 0 radical (unpaired) electrons. The first-order chi connectivity index (χ1) is 10.0. The van der Waals surface area contributed by atoms with Crippen molar-refractivity contribution in [2.45, 2.75) is 0 Å². The first kappa shape index (κ1) is 15.3. The maximum Gasteiger partial charge on any atom is 0.337 e. The van der Waals surface area contributed by atoms with E-state index in [9.17, 15) is 9.59 Å². The molecule has 0 aliphatic carbocycles. The van der Waals surface area contributed by atoms with Gasteiger partial charge in [0.25, 0.3) is 5.91 Å². The number of carbonyl (C=O) groups excluding carboxylic acids is 2. The molecule has 7 heteroatoms. The predicted molar refractivity (Wildman–Crippen MR) is 80.0 cm³/mol. The van der Waals surface area contributed by atoms with Crippen LogP contribution in [-0.4, -0.2) is 24.0 Å². The van der Waals surface area contributed by atoms with Gasteiger partial charge in [-0.25, -0.2) is 4.79 Å². The number of hydrogen-bond donors (Lipinski definition) is 1. The summed E-state index contributed by atoms with van der Waals surface area (Å²) in [5.74, 6) is -1.00. The zero-order valence-corrected chi connectivity index (χ0v) is 12.4.